The number of carbonyl (C=O) groups excluding carboxylic acids is 4. The van der Waals surface area contributed by atoms with E-state index in [2.05, 4.69) is 5.32 Å². The summed E-state index contributed by atoms with van der Waals surface area (Å²) in [6.07, 6.45) is 1.55. The molecule has 0 aliphatic rings. The molecule has 3 rings (SSSR count). The minimum absolute atomic E-state index is 0.0640. The van der Waals surface area contributed by atoms with Gasteiger partial charge in [0, 0.05) is 35.9 Å². The van der Waals surface area contributed by atoms with Crippen molar-refractivity contribution in [3.05, 3.63) is 65.9 Å². The number of para-hydroxylation sites is 1. The Kier molecular flexibility index (Phi) is 7.61. The van der Waals surface area contributed by atoms with Gasteiger partial charge in [0.25, 0.3) is 11.7 Å². The van der Waals surface area contributed by atoms with Gasteiger partial charge in [-0.2, -0.15) is 0 Å². The van der Waals surface area contributed by atoms with Crippen LogP contribution in [0.1, 0.15) is 41.5 Å². The van der Waals surface area contributed by atoms with Crippen LogP contribution >= 0.6 is 0 Å². The zero-order valence-electron chi connectivity index (χ0n) is 19.0. The molecule has 0 radical (unpaired) electrons. The van der Waals surface area contributed by atoms with Crippen LogP contribution in [-0.4, -0.2) is 52.7 Å². The number of ether oxygens (including phenoxy) is 1. The van der Waals surface area contributed by atoms with Crippen LogP contribution < -0.4 is 5.32 Å². The Morgan fingerprint density at radius 3 is 2.24 bits per heavy atom. The van der Waals surface area contributed by atoms with Crippen molar-refractivity contribution in [1.82, 2.24) is 9.47 Å². The van der Waals surface area contributed by atoms with Crippen LogP contribution in [0.4, 0.5) is 5.69 Å². The molecule has 1 heterocycles. The largest absolute Gasteiger partial charge is 0.462 e. The maximum atomic E-state index is 13.0. The highest BCUT2D eigenvalue weighted by Gasteiger charge is 2.23. The van der Waals surface area contributed by atoms with Gasteiger partial charge in [0.1, 0.15) is 6.54 Å². The van der Waals surface area contributed by atoms with E-state index in [0.29, 0.717) is 35.2 Å². The van der Waals surface area contributed by atoms with Crippen LogP contribution in [0.5, 0.6) is 0 Å². The number of aromatic nitrogens is 1. The molecule has 0 spiro atoms. The lowest BCUT2D eigenvalue weighted by molar-refractivity contribution is -0.131. The molecule has 0 atom stereocenters. The summed E-state index contributed by atoms with van der Waals surface area (Å²) in [6, 6.07) is 13.3. The summed E-state index contributed by atoms with van der Waals surface area (Å²) >= 11 is 0. The Morgan fingerprint density at radius 2 is 1.61 bits per heavy atom. The molecule has 2 amide bonds. The van der Waals surface area contributed by atoms with Gasteiger partial charge in [0.05, 0.1) is 17.7 Å². The number of hydrogen-bond donors (Lipinski definition) is 1. The first kappa shape index (κ1) is 23.7. The summed E-state index contributed by atoms with van der Waals surface area (Å²) in [4.78, 5) is 51.7. The number of likely N-dealkylation sites (N-methyl/N-ethyl adjacent to an activating group) is 1. The van der Waals surface area contributed by atoms with Crippen LogP contribution in [0.25, 0.3) is 10.9 Å². The summed E-state index contributed by atoms with van der Waals surface area (Å²) in [6.45, 7) is 7.07. The molecule has 0 aliphatic carbocycles. The molecule has 1 aromatic heterocycles. The average molecular weight is 450 g/mol. The first-order valence-corrected chi connectivity index (χ1v) is 10.9. The number of fused-ring (bicyclic) bond motifs is 1. The number of rotatable bonds is 9. The molecule has 8 nitrogen and oxygen atoms in total. The van der Waals surface area contributed by atoms with Gasteiger partial charge in [-0.05, 0) is 51.1 Å². The van der Waals surface area contributed by atoms with Crippen molar-refractivity contribution < 1.29 is 23.9 Å². The number of esters is 1. The van der Waals surface area contributed by atoms with Gasteiger partial charge in [-0.3, -0.25) is 14.4 Å². The Balaban J connectivity index is 1.81. The second-order valence-electron chi connectivity index (χ2n) is 7.33. The van der Waals surface area contributed by atoms with E-state index in [1.165, 1.54) is 24.3 Å². The molecule has 172 valence electrons. The van der Waals surface area contributed by atoms with Gasteiger partial charge >= 0.3 is 5.97 Å². The minimum Gasteiger partial charge on any atom is -0.462 e. The van der Waals surface area contributed by atoms with Crippen LogP contribution in [-0.2, 0) is 20.9 Å². The van der Waals surface area contributed by atoms with Crippen molar-refractivity contribution >= 4 is 40.2 Å². The number of ketones is 1. The Bertz CT molecular complexity index is 1180. The summed E-state index contributed by atoms with van der Waals surface area (Å²) in [5, 5.41) is 3.16. The molecule has 0 unspecified atom stereocenters. The molecule has 3 aromatic rings. The topological polar surface area (TPSA) is 97.7 Å². The fourth-order valence-corrected chi connectivity index (χ4v) is 3.59. The maximum absolute atomic E-state index is 13.0. The highest BCUT2D eigenvalue weighted by Crippen LogP contribution is 2.23. The molecule has 0 fully saturated rings. The Labute approximate surface area is 192 Å². The molecule has 0 saturated heterocycles. The average Bonchev–Trinajstić information content (AvgIpc) is 3.18. The Morgan fingerprint density at radius 1 is 0.939 bits per heavy atom. The SMILES string of the molecule is CCOC(=O)c1ccc(NC(=O)C(=O)c2cn(CC(=O)N(CC)CC)c3ccccc23)cc1. The van der Waals surface area contributed by atoms with Gasteiger partial charge in [-0.1, -0.05) is 18.2 Å². The van der Waals surface area contributed by atoms with Crippen molar-refractivity contribution in [2.24, 2.45) is 0 Å². The molecular formula is C25H27N3O5. The summed E-state index contributed by atoms with van der Waals surface area (Å²) in [7, 11) is 0. The van der Waals surface area contributed by atoms with Gasteiger partial charge in [0.2, 0.25) is 5.91 Å². The van der Waals surface area contributed by atoms with E-state index in [0.717, 1.165) is 0 Å². The van der Waals surface area contributed by atoms with E-state index >= 15 is 0 Å². The Hall–Kier alpha value is -3.94. The first-order chi connectivity index (χ1) is 15.9. The van der Waals surface area contributed by atoms with Gasteiger partial charge in [0.15, 0.2) is 0 Å². The number of benzene rings is 2. The van der Waals surface area contributed by atoms with Crippen LogP contribution in [0.15, 0.2) is 54.7 Å². The molecule has 33 heavy (non-hydrogen) atoms. The number of nitrogens with zero attached hydrogens (tertiary/aromatic N) is 2. The van der Waals surface area contributed by atoms with Crippen molar-refractivity contribution in [1.29, 1.82) is 0 Å². The summed E-state index contributed by atoms with van der Waals surface area (Å²) in [5.74, 6) is -2.05. The number of Topliss-reactive ketones (excluding diaryl/α,β-unsaturated/α-hetero) is 1. The molecule has 1 N–H and O–H groups in total. The maximum Gasteiger partial charge on any atom is 0.338 e. The van der Waals surface area contributed by atoms with E-state index in [1.807, 2.05) is 26.0 Å². The van der Waals surface area contributed by atoms with Crippen molar-refractivity contribution in [2.75, 3.05) is 25.0 Å². The quantitative estimate of drug-likeness (QED) is 0.306. The number of anilines is 1. The van der Waals surface area contributed by atoms with Gasteiger partial charge in [-0.15, -0.1) is 0 Å². The second kappa shape index (κ2) is 10.6. The fraction of sp³-hybridized carbons (Fsp3) is 0.280. The lowest BCUT2D eigenvalue weighted by Gasteiger charge is -2.19. The highest BCUT2D eigenvalue weighted by atomic mass is 16.5. The molecule has 0 bridgehead atoms. The van der Waals surface area contributed by atoms with Crippen LogP contribution in [0.3, 0.4) is 0 Å². The van der Waals surface area contributed by atoms with E-state index in [4.69, 9.17) is 4.74 Å². The van der Waals surface area contributed by atoms with E-state index < -0.39 is 17.7 Å². The fourth-order valence-electron chi connectivity index (χ4n) is 3.59. The monoisotopic (exact) mass is 449 g/mol. The molecule has 0 aliphatic heterocycles. The van der Waals surface area contributed by atoms with Gasteiger partial charge in [-0.25, -0.2) is 4.79 Å². The van der Waals surface area contributed by atoms with Crippen molar-refractivity contribution in [2.45, 2.75) is 27.3 Å². The summed E-state index contributed by atoms with van der Waals surface area (Å²) < 4.78 is 6.63. The lowest BCUT2D eigenvalue weighted by Crippen LogP contribution is -2.33. The normalized spacial score (nSPS) is 10.6. The van der Waals surface area contributed by atoms with E-state index in [9.17, 15) is 19.2 Å². The molecule has 2 aromatic carbocycles. The van der Waals surface area contributed by atoms with Crippen LogP contribution in [0.2, 0.25) is 0 Å². The smallest absolute Gasteiger partial charge is 0.338 e. The van der Waals surface area contributed by atoms with Crippen molar-refractivity contribution in [3.63, 3.8) is 0 Å². The lowest BCUT2D eigenvalue weighted by atomic mass is 10.1. The van der Waals surface area contributed by atoms with E-state index in [1.54, 1.807) is 34.7 Å². The van der Waals surface area contributed by atoms with E-state index in [-0.39, 0.29) is 24.6 Å². The zero-order chi connectivity index (χ0) is 24.0. The standard InChI is InChI=1S/C25H27N3O5/c1-4-27(5-2)22(29)16-28-15-20(19-9-7-8-10-21(19)28)23(30)24(31)26-18-13-11-17(12-14-18)25(32)33-6-3/h7-15H,4-6,16H2,1-3H3,(H,26,31). The predicted molar refractivity (Wildman–Crippen MR) is 125 cm³/mol. The first-order valence-electron chi connectivity index (χ1n) is 10.9. The number of nitrogens with one attached hydrogen (secondary N) is 1. The van der Waals surface area contributed by atoms with Crippen molar-refractivity contribution in [3.8, 4) is 0 Å². The molecular weight excluding hydrogens is 422 g/mol. The number of hydrogen-bond acceptors (Lipinski definition) is 5. The predicted octanol–water partition coefficient (Wildman–Crippen LogP) is 3.51. The number of amides is 2. The van der Waals surface area contributed by atoms with Crippen LogP contribution in [0, 0.1) is 0 Å². The highest BCUT2D eigenvalue weighted by molar-refractivity contribution is 6.48. The third kappa shape index (κ3) is 5.28. The summed E-state index contributed by atoms with van der Waals surface area (Å²) in [5.41, 5.74) is 1.65. The third-order valence-electron chi connectivity index (χ3n) is 5.32. The third-order valence-corrected chi connectivity index (χ3v) is 5.32. The zero-order valence-corrected chi connectivity index (χ0v) is 19.0. The second-order valence-corrected chi connectivity index (χ2v) is 7.33. The molecule has 8 heteroatoms. The number of carbonyl (C=O) groups is 4. The van der Waals surface area contributed by atoms with Gasteiger partial charge < -0.3 is 19.5 Å². The minimum atomic E-state index is -0.808. The molecule has 0 saturated carbocycles.